The Morgan fingerprint density at radius 1 is 1.21 bits per heavy atom. The summed E-state index contributed by atoms with van der Waals surface area (Å²) in [5.41, 5.74) is 3.72. The molecular formula is C19H18N4S. The predicted molar refractivity (Wildman–Crippen MR) is 96.8 cm³/mol. The molecular weight excluding hydrogens is 316 g/mol. The fraction of sp³-hybridized carbons (Fsp3) is 0.316. The van der Waals surface area contributed by atoms with E-state index in [2.05, 4.69) is 49.2 Å². The molecule has 1 aliphatic carbocycles. The summed E-state index contributed by atoms with van der Waals surface area (Å²) in [6.45, 7) is 4.37. The highest BCUT2D eigenvalue weighted by molar-refractivity contribution is 7.18. The summed E-state index contributed by atoms with van der Waals surface area (Å²) in [6.07, 6.45) is 3.95. The zero-order chi connectivity index (χ0) is 16.3. The Kier molecular flexibility index (Phi) is 3.00. The molecule has 4 aromatic rings. The fourth-order valence-electron chi connectivity index (χ4n) is 3.71. The van der Waals surface area contributed by atoms with Crippen molar-refractivity contribution in [3.63, 3.8) is 0 Å². The van der Waals surface area contributed by atoms with E-state index < -0.39 is 0 Å². The first-order chi connectivity index (χ1) is 11.8. The van der Waals surface area contributed by atoms with Crippen molar-refractivity contribution in [2.75, 3.05) is 0 Å². The molecule has 5 heteroatoms. The molecule has 0 radical (unpaired) electrons. The molecule has 3 heterocycles. The third-order valence-electron chi connectivity index (χ3n) is 5.05. The van der Waals surface area contributed by atoms with E-state index in [0.717, 1.165) is 29.1 Å². The molecule has 1 fully saturated rings. The van der Waals surface area contributed by atoms with Gasteiger partial charge in [-0.25, -0.2) is 14.5 Å². The topological polar surface area (TPSA) is 43.1 Å². The van der Waals surface area contributed by atoms with Gasteiger partial charge >= 0.3 is 0 Å². The molecule has 2 unspecified atom stereocenters. The van der Waals surface area contributed by atoms with Crippen LogP contribution in [0.25, 0.3) is 15.9 Å². The van der Waals surface area contributed by atoms with Crippen LogP contribution in [0.3, 0.4) is 0 Å². The molecule has 0 N–H and O–H groups in total. The van der Waals surface area contributed by atoms with Gasteiger partial charge in [-0.3, -0.25) is 0 Å². The van der Waals surface area contributed by atoms with E-state index in [9.17, 15) is 0 Å². The second kappa shape index (κ2) is 5.11. The quantitative estimate of drug-likeness (QED) is 0.555. The first-order valence-electron chi connectivity index (χ1n) is 8.44. The molecule has 0 aliphatic heterocycles. The molecule has 3 aromatic heterocycles. The van der Waals surface area contributed by atoms with Gasteiger partial charge in [0.25, 0.3) is 0 Å². The number of hydrogen-bond acceptors (Lipinski definition) is 4. The Morgan fingerprint density at radius 2 is 2.04 bits per heavy atom. The molecule has 1 saturated carbocycles. The first-order valence-corrected chi connectivity index (χ1v) is 9.26. The normalized spacial score (nSPS) is 20.1. The number of fused-ring (bicyclic) bond motifs is 3. The Hall–Kier alpha value is -2.27. The Labute approximate surface area is 144 Å². The number of thiophene rings is 1. The SMILES string of the molecule is CCc1c(C)sc2ncn3nc(C4CC4c4ccccc4)nc3c12. The zero-order valence-electron chi connectivity index (χ0n) is 13.7. The molecule has 5 rings (SSSR count). The smallest absolute Gasteiger partial charge is 0.167 e. The van der Waals surface area contributed by atoms with Crippen LogP contribution in [0.2, 0.25) is 0 Å². The van der Waals surface area contributed by atoms with Crippen LogP contribution in [-0.4, -0.2) is 19.6 Å². The van der Waals surface area contributed by atoms with Crippen molar-refractivity contribution >= 4 is 27.2 Å². The molecule has 2 atom stereocenters. The van der Waals surface area contributed by atoms with Crippen LogP contribution in [0.1, 0.15) is 47.0 Å². The van der Waals surface area contributed by atoms with E-state index in [-0.39, 0.29) is 0 Å². The summed E-state index contributed by atoms with van der Waals surface area (Å²) in [7, 11) is 0. The second-order valence-electron chi connectivity index (χ2n) is 6.51. The average Bonchev–Trinajstić information content (AvgIpc) is 3.17. The van der Waals surface area contributed by atoms with Gasteiger partial charge in [0.1, 0.15) is 11.2 Å². The summed E-state index contributed by atoms with van der Waals surface area (Å²) < 4.78 is 1.86. The third kappa shape index (κ3) is 2.01. The maximum atomic E-state index is 4.92. The van der Waals surface area contributed by atoms with Crippen LogP contribution in [0, 0.1) is 6.92 Å². The standard InChI is InChI=1S/C19H18N4S/c1-3-13-11(2)24-19-16(13)18-21-17(22-23(18)10-20-19)15-9-14(15)12-7-5-4-6-8-12/h4-8,10,14-15H,3,9H2,1-2H3. The van der Waals surface area contributed by atoms with E-state index in [1.165, 1.54) is 21.4 Å². The highest BCUT2D eigenvalue weighted by atomic mass is 32.1. The lowest BCUT2D eigenvalue weighted by atomic mass is 10.1. The summed E-state index contributed by atoms with van der Waals surface area (Å²) in [5, 5.41) is 5.93. The van der Waals surface area contributed by atoms with Crippen molar-refractivity contribution < 1.29 is 0 Å². The average molecular weight is 334 g/mol. The van der Waals surface area contributed by atoms with E-state index in [1.807, 2.05) is 10.8 Å². The molecule has 0 bridgehead atoms. The molecule has 0 spiro atoms. The van der Waals surface area contributed by atoms with Crippen molar-refractivity contribution in [3.8, 4) is 0 Å². The number of hydrogen-bond donors (Lipinski definition) is 0. The molecule has 120 valence electrons. The van der Waals surface area contributed by atoms with Gasteiger partial charge in [0, 0.05) is 10.8 Å². The molecule has 24 heavy (non-hydrogen) atoms. The first kappa shape index (κ1) is 14.1. The number of nitrogens with zero attached hydrogens (tertiary/aromatic N) is 4. The minimum absolute atomic E-state index is 0.437. The monoisotopic (exact) mass is 334 g/mol. The highest BCUT2D eigenvalue weighted by Crippen LogP contribution is 2.53. The summed E-state index contributed by atoms with van der Waals surface area (Å²) >= 11 is 1.76. The lowest BCUT2D eigenvalue weighted by molar-refractivity contribution is 0.850. The summed E-state index contributed by atoms with van der Waals surface area (Å²) in [5.74, 6) is 1.96. The van der Waals surface area contributed by atoms with Gasteiger partial charge in [-0.05, 0) is 36.8 Å². The summed E-state index contributed by atoms with van der Waals surface area (Å²) in [4.78, 5) is 11.9. The van der Waals surface area contributed by atoms with E-state index in [0.29, 0.717) is 11.8 Å². The Morgan fingerprint density at radius 3 is 2.83 bits per heavy atom. The third-order valence-corrected chi connectivity index (χ3v) is 6.10. The van der Waals surface area contributed by atoms with Gasteiger partial charge in [-0.15, -0.1) is 16.4 Å². The molecule has 1 aromatic carbocycles. The van der Waals surface area contributed by atoms with Gasteiger partial charge in [0.05, 0.1) is 5.39 Å². The number of aromatic nitrogens is 4. The molecule has 4 nitrogen and oxygen atoms in total. The van der Waals surface area contributed by atoms with Crippen LogP contribution < -0.4 is 0 Å². The minimum atomic E-state index is 0.437. The number of rotatable bonds is 3. The van der Waals surface area contributed by atoms with Crippen LogP contribution in [0.5, 0.6) is 0 Å². The maximum Gasteiger partial charge on any atom is 0.167 e. The Balaban J connectivity index is 1.61. The van der Waals surface area contributed by atoms with Crippen LogP contribution in [-0.2, 0) is 6.42 Å². The molecule has 0 amide bonds. The highest BCUT2D eigenvalue weighted by Gasteiger charge is 2.42. The van der Waals surface area contributed by atoms with Gasteiger partial charge in [-0.2, -0.15) is 0 Å². The largest absolute Gasteiger partial charge is 0.225 e. The van der Waals surface area contributed by atoms with Gasteiger partial charge in [0.2, 0.25) is 0 Å². The predicted octanol–water partition coefficient (Wildman–Crippen LogP) is 4.48. The van der Waals surface area contributed by atoms with E-state index in [4.69, 9.17) is 10.1 Å². The fourth-order valence-corrected chi connectivity index (χ4v) is 4.79. The molecule has 0 saturated heterocycles. The van der Waals surface area contributed by atoms with Crippen molar-refractivity contribution in [3.05, 3.63) is 58.5 Å². The van der Waals surface area contributed by atoms with Crippen LogP contribution in [0.15, 0.2) is 36.7 Å². The lowest BCUT2D eigenvalue weighted by Crippen LogP contribution is -1.91. The van der Waals surface area contributed by atoms with Crippen LogP contribution in [0.4, 0.5) is 0 Å². The summed E-state index contributed by atoms with van der Waals surface area (Å²) in [6, 6.07) is 10.7. The Bertz CT molecular complexity index is 1050. The van der Waals surface area contributed by atoms with Crippen LogP contribution >= 0.6 is 11.3 Å². The number of benzene rings is 1. The van der Waals surface area contributed by atoms with Gasteiger partial charge < -0.3 is 0 Å². The minimum Gasteiger partial charge on any atom is -0.225 e. The van der Waals surface area contributed by atoms with Gasteiger partial charge in [-0.1, -0.05) is 37.3 Å². The van der Waals surface area contributed by atoms with E-state index in [1.54, 1.807) is 11.3 Å². The number of aryl methyl sites for hydroxylation is 2. The van der Waals surface area contributed by atoms with Crippen molar-refractivity contribution in [1.29, 1.82) is 0 Å². The second-order valence-corrected chi connectivity index (χ2v) is 7.72. The van der Waals surface area contributed by atoms with E-state index >= 15 is 0 Å². The maximum absolute atomic E-state index is 4.92. The lowest BCUT2D eigenvalue weighted by Gasteiger charge is -1.96. The van der Waals surface area contributed by atoms with Crippen molar-refractivity contribution in [2.24, 2.45) is 0 Å². The van der Waals surface area contributed by atoms with Crippen molar-refractivity contribution in [2.45, 2.75) is 38.5 Å². The van der Waals surface area contributed by atoms with Crippen molar-refractivity contribution in [1.82, 2.24) is 19.6 Å². The zero-order valence-corrected chi connectivity index (χ0v) is 14.5. The molecule has 1 aliphatic rings. The van der Waals surface area contributed by atoms with Gasteiger partial charge in [0.15, 0.2) is 11.5 Å².